The minimum absolute atomic E-state index is 0.0278. The number of fused-ring (bicyclic) bond motifs is 1. The van der Waals surface area contributed by atoms with Gasteiger partial charge in [0.25, 0.3) is 0 Å². The average Bonchev–Trinajstić information content (AvgIpc) is 3.25. The third-order valence-electron chi connectivity index (χ3n) is 7.09. The van der Waals surface area contributed by atoms with E-state index < -0.39 is 17.7 Å². The molecule has 1 N–H and O–H groups in total. The van der Waals surface area contributed by atoms with E-state index in [-0.39, 0.29) is 12.0 Å². The molecule has 3 aliphatic rings. The van der Waals surface area contributed by atoms with Gasteiger partial charge in [0.05, 0.1) is 34.4 Å². The Balaban J connectivity index is 1.77. The molecule has 1 saturated heterocycles. The number of hydrogen-bond acceptors (Lipinski definition) is 7. The monoisotopic (exact) mass is 535 g/mol. The molecule has 0 saturated carbocycles. The Kier molecular flexibility index (Phi) is 6.99. The zero-order chi connectivity index (χ0) is 27.4. The van der Waals surface area contributed by atoms with Crippen molar-refractivity contribution in [3.8, 4) is 0 Å². The van der Waals surface area contributed by atoms with Crippen molar-refractivity contribution < 1.29 is 19.4 Å². The molecule has 1 aliphatic carbocycles. The molecule has 5 rings (SSSR count). The van der Waals surface area contributed by atoms with Crippen molar-refractivity contribution in [3.05, 3.63) is 52.3 Å². The molecule has 3 heterocycles. The van der Waals surface area contributed by atoms with Gasteiger partial charge in [-0.1, -0.05) is 36.8 Å². The van der Waals surface area contributed by atoms with Crippen molar-refractivity contribution in [2.24, 2.45) is 16.8 Å². The first-order valence-corrected chi connectivity index (χ1v) is 14.1. The van der Waals surface area contributed by atoms with Gasteiger partial charge < -0.3 is 19.5 Å². The van der Waals surface area contributed by atoms with Gasteiger partial charge in [0.15, 0.2) is 11.2 Å². The highest BCUT2D eigenvalue weighted by molar-refractivity contribution is 7.22. The number of ether oxygens (including phenoxy) is 2. The van der Waals surface area contributed by atoms with Gasteiger partial charge in [-0.05, 0) is 63.0 Å². The van der Waals surface area contributed by atoms with E-state index in [9.17, 15) is 9.90 Å². The van der Waals surface area contributed by atoms with Gasteiger partial charge in [0.2, 0.25) is 0 Å². The molecule has 2 aromatic rings. The zero-order valence-corrected chi connectivity index (χ0v) is 24.1. The van der Waals surface area contributed by atoms with Crippen LogP contribution in [0.15, 0.2) is 40.6 Å². The number of carboxylic acids is 1. The largest absolute Gasteiger partial charge is 0.497 e. The van der Waals surface area contributed by atoms with Crippen LogP contribution in [-0.4, -0.2) is 54.1 Å². The molecule has 202 valence electrons. The molecule has 3 atom stereocenters. The van der Waals surface area contributed by atoms with E-state index in [1.807, 2.05) is 46.1 Å². The lowest BCUT2D eigenvalue weighted by atomic mass is 9.75. The molecule has 38 heavy (non-hydrogen) atoms. The van der Waals surface area contributed by atoms with Crippen LogP contribution < -0.4 is 4.90 Å². The van der Waals surface area contributed by atoms with Gasteiger partial charge in [-0.25, -0.2) is 9.78 Å². The third kappa shape index (κ3) is 4.92. The van der Waals surface area contributed by atoms with Crippen LogP contribution in [0.3, 0.4) is 0 Å². The molecule has 2 aliphatic heterocycles. The van der Waals surface area contributed by atoms with E-state index in [0.29, 0.717) is 18.1 Å². The molecule has 2 unspecified atom stereocenters. The van der Waals surface area contributed by atoms with Crippen molar-refractivity contribution in [2.75, 3.05) is 25.1 Å². The van der Waals surface area contributed by atoms with Gasteiger partial charge in [-0.15, -0.1) is 0 Å². The lowest BCUT2D eigenvalue weighted by Crippen LogP contribution is -2.34. The van der Waals surface area contributed by atoms with E-state index in [4.69, 9.17) is 19.5 Å². The summed E-state index contributed by atoms with van der Waals surface area (Å²) >= 11 is 1.61. The summed E-state index contributed by atoms with van der Waals surface area (Å²) < 4.78 is 13.2. The smallest absolute Gasteiger partial charge is 0.337 e. The average molecular weight is 536 g/mol. The number of aryl methyl sites for hydroxylation is 1. The Morgan fingerprint density at radius 2 is 2.05 bits per heavy atom. The fraction of sp³-hybridized carbons (Fsp3) is 0.500. The first-order chi connectivity index (χ1) is 17.9. The highest BCUT2D eigenvalue weighted by Gasteiger charge is 2.41. The minimum Gasteiger partial charge on any atom is -0.497 e. The quantitative estimate of drug-likeness (QED) is 0.446. The fourth-order valence-corrected chi connectivity index (χ4v) is 6.79. The van der Waals surface area contributed by atoms with E-state index in [1.165, 1.54) is 5.57 Å². The Morgan fingerprint density at radius 3 is 2.74 bits per heavy atom. The zero-order valence-electron chi connectivity index (χ0n) is 23.2. The van der Waals surface area contributed by atoms with Gasteiger partial charge in [0.1, 0.15) is 5.76 Å². The molecule has 1 aromatic carbocycles. The van der Waals surface area contributed by atoms with Crippen LogP contribution >= 0.6 is 11.3 Å². The van der Waals surface area contributed by atoms with Crippen molar-refractivity contribution in [2.45, 2.75) is 65.7 Å². The van der Waals surface area contributed by atoms with Gasteiger partial charge in [-0.2, -0.15) is 0 Å². The molecular weight excluding hydrogens is 498 g/mol. The summed E-state index contributed by atoms with van der Waals surface area (Å²) in [6.45, 7) is 13.5. The Bertz CT molecular complexity index is 1390. The van der Waals surface area contributed by atoms with Crippen molar-refractivity contribution in [3.63, 3.8) is 0 Å². The number of aliphatic carboxylic acids is 1. The van der Waals surface area contributed by atoms with E-state index in [1.54, 1.807) is 11.3 Å². The fourth-order valence-electron chi connectivity index (χ4n) is 5.69. The normalized spacial score (nSPS) is 21.4. The maximum atomic E-state index is 12.7. The van der Waals surface area contributed by atoms with Crippen molar-refractivity contribution in [1.82, 2.24) is 4.98 Å². The standard InChI is InChI=1S/C30H37N3O4S/c1-16(2)15-33(7)29-32-20-14-17(3)22(26(28(34)35)37-30(4,5)6)24(27(20)38-29)19-8-9-21-23-18(11-13-36-21)10-12-31-25(19)23/h8-10,12,14,16,23,25-26H,11,13,15H2,1-7H3,(H,34,35)/t23?,25?,26-/m0/s1. The second-order valence-corrected chi connectivity index (χ2v) is 12.8. The van der Waals surface area contributed by atoms with E-state index in [0.717, 1.165) is 50.8 Å². The van der Waals surface area contributed by atoms with Crippen molar-refractivity contribution in [1.29, 1.82) is 0 Å². The van der Waals surface area contributed by atoms with E-state index >= 15 is 0 Å². The molecule has 7 nitrogen and oxygen atoms in total. The van der Waals surface area contributed by atoms with Crippen LogP contribution in [0, 0.1) is 18.8 Å². The van der Waals surface area contributed by atoms with Gasteiger partial charge in [0, 0.05) is 37.4 Å². The molecule has 1 fully saturated rings. The number of aromatic nitrogens is 1. The van der Waals surface area contributed by atoms with Crippen molar-refractivity contribution >= 4 is 44.4 Å². The summed E-state index contributed by atoms with van der Waals surface area (Å²) in [4.78, 5) is 24.8. The number of aliphatic imine (C=N–C) groups is 1. The summed E-state index contributed by atoms with van der Waals surface area (Å²) in [7, 11) is 2.06. The summed E-state index contributed by atoms with van der Waals surface area (Å²) in [5.41, 5.74) is 4.90. The van der Waals surface area contributed by atoms with Crippen LogP contribution in [0.2, 0.25) is 0 Å². The Hall–Kier alpha value is -2.97. The lowest BCUT2D eigenvalue weighted by Gasteiger charge is -2.38. The van der Waals surface area contributed by atoms with Crippen LogP contribution in [0.25, 0.3) is 15.8 Å². The molecule has 0 amide bonds. The topological polar surface area (TPSA) is 84.3 Å². The third-order valence-corrected chi connectivity index (χ3v) is 8.29. The molecule has 0 bridgehead atoms. The molecule has 1 aromatic heterocycles. The van der Waals surface area contributed by atoms with Crippen LogP contribution in [0.1, 0.15) is 63.8 Å². The maximum Gasteiger partial charge on any atom is 0.337 e. The van der Waals surface area contributed by atoms with Crippen LogP contribution in [0.5, 0.6) is 0 Å². The first-order valence-electron chi connectivity index (χ1n) is 13.3. The number of allylic oxidation sites excluding steroid dienone is 3. The number of anilines is 1. The second-order valence-electron chi connectivity index (χ2n) is 11.8. The molecule has 8 heteroatoms. The summed E-state index contributed by atoms with van der Waals surface area (Å²) in [6, 6.07) is 1.81. The molecule has 0 spiro atoms. The highest BCUT2D eigenvalue weighted by Crippen LogP contribution is 2.49. The van der Waals surface area contributed by atoms with E-state index in [2.05, 4.69) is 37.9 Å². The van der Waals surface area contributed by atoms with Crippen LogP contribution in [0.4, 0.5) is 5.13 Å². The number of nitrogens with zero attached hydrogens (tertiary/aromatic N) is 3. The predicted octanol–water partition coefficient (Wildman–Crippen LogP) is 6.33. The Morgan fingerprint density at radius 1 is 1.29 bits per heavy atom. The number of carboxylic acid groups (broad SMARTS) is 1. The SMILES string of the molecule is Cc1cc2nc(N(C)CC(C)C)sc2c(C2=CC=C3OCCC4=CC=NC2C43)c1[C@H](OC(C)(C)C)C(=O)O. The maximum absolute atomic E-state index is 12.7. The Labute approximate surface area is 228 Å². The van der Waals surface area contributed by atoms with Gasteiger partial charge in [-0.3, -0.25) is 4.99 Å². The highest BCUT2D eigenvalue weighted by atomic mass is 32.1. The minimum atomic E-state index is -1.13. The summed E-state index contributed by atoms with van der Waals surface area (Å²) in [6.07, 6.45) is 7.82. The number of benzene rings is 1. The summed E-state index contributed by atoms with van der Waals surface area (Å²) in [5.74, 6) is 0.436. The number of thiazole rings is 1. The second kappa shape index (κ2) is 9.97. The van der Waals surface area contributed by atoms with Crippen LogP contribution in [-0.2, 0) is 14.3 Å². The lowest BCUT2D eigenvalue weighted by molar-refractivity contribution is -0.160. The predicted molar refractivity (Wildman–Crippen MR) is 154 cm³/mol. The molecule has 0 radical (unpaired) electrons. The number of carbonyl (C=O) groups is 1. The van der Waals surface area contributed by atoms with Gasteiger partial charge >= 0.3 is 5.97 Å². The molecular formula is C30H37N3O4S. The number of dihydropyridines is 1. The first kappa shape index (κ1) is 26.6. The number of hydrogen-bond donors (Lipinski definition) is 1. The number of rotatable bonds is 7. The summed E-state index contributed by atoms with van der Waals surface area (Å²) in [5, 5.41) is 11.3.